The molecule has 2 aromatic heterocycles. The van der Waals surface area contributed by atoms with Gasteiger partial charge in [-0.1, -0.05) is 6.92 Å². The zero-order valence-corrected chi connectivity index (χ0v) is 17.2. The van der Waals surface area contributed by atoms with E-state index in [1.54, 1.807) is 6.20 Å². The Balaban J connectivity index is 1.82. The Bertz CT molecular complexity index is 815. The van der Waals surface area contributed by atoms with E-state index in [1.165, 1.54) is 4.90 Å². The van der Waals surface area contributed by atoms with Crippen LogP contribution in [0.25, 0.3) is 11.0 Å². The predicted molar refractivity (Wildman–Crippen MR) is 103 cm³/mol. The van der Waals surface area contributed by atoms with Gasteiger partial charge in [-0.15, -0.1) is 0 Å². The van der Waals surface area contributed by atoms with Gasteiger partial charge >= 0.3 is 6.09 Å². The summed E-state index contributed by atoms with van der Waals surface area (Å²) in [6.45, 7) is 8.03. The first kappa shape index (κ1) is 19.1. The maximum atomic E-state index is 15.0. The highest BCUT2D eigenvalue weighted by Gasteiger charge is 2.35. The van der Waals surface area contributed by atoms with Crippen LogP contribution in [-0.2, 0) is 11.2 Å². The highest BCUT2D eigenvalue weighted by atomic mass is 79.9. The quantitative estimate of drug-likeness (QED) is 0.688. The average molecular weight is 426 g/mol. The number of fused-ring (bicyclic) bond motifs is 1. The molecule has 7 heteroatoms. The number of likely N-dealkylation sites (tertiary alicyclic amines) is 1. The molecule has 1 saturated heterocycles. The largest absolute Gasteiger partial charge is 0.444 e. The van der Waals surface area contributed by atoms with Gasteiger partial charge in [0.05, 0.1) is 12.6 Å². The average Bonchev–Trinajstić information content (AvgIpc) is 2.90. The molecule has 1 aliphatic rings. The Kier molecular flexibility index (Phi) is 5.28. The predicted octanol–water partition coefficient (Wildman–Crippen LogP) is 4.88. The smallest absolute Gasteiger partial charge is 0.410 e. The van der Waals surface area contributed by atoms with Crippen molar-refractivity contribution >= 4 is 33.1 Å². The van der Waals surface area contributed by atoms with E-state index in [0.29, 0.717) is 13.0 Å². The lowest BCUT2D eigenvalue weighted by Crippen LogP contribution is -2.47. The summed E-state index contributed by atoms with van der Waals surface area (Å²) < 4.78 is 23.2. The van der Waals surface area contributed by atoms with E-state index in [-0.39, 0.29) is 12.6 Å². The van der Waals surface area contributed by atoms with Crippen molar-refractivity contribution < 1.29 is 13.9 Å². The number of aryl methyl sites for hydroxylation is 1. The molecule has 0 aromatic carbocycles. The van der Waals surface area contributed by atoms with Crippen LogP contribution < -0.4 is 0 Å². The lowest BCUT2D eigenvalue weighted by molar-refractivity contribution is 0.00704. The SMILES string of the molecule is CCc1cn([C@H]2CCN(C(=O)OC(C)(C)C)C[C@H]2F)c2ncc(Br)cc12. The molecule has 3 rings (SSSR count). The summed E-state index contributed by atoms with van der Waals surface area (Å²) in [6.07, 6.45) is 3.51. The molecule has 0 N–H and O–H groups in total. The number of halogens is 2. The van der Waals surface area contributed by atoms with E-state index in [0.717, 1.165) is 27.5 Å². The second-order valence-electron chi connectivity index (χ2n) is 7.74. The molecule has 142 valence electrons. The highest BCUT2D eigenvalue weighted by molar-refractivity contribution is 9.10. The van der Waals surface area contributed by atoms with E-state index in [1.807, 2.05) is 37.6 Å². The van der Waals surface area contributed by atoms with Crippen molar-refractivity contribution in [1.29, 1.82) is 0 Å². The number of carbonyl (C=O) groups excluding carboxylic acids is 1. The molecule has 1 amide bonds. The van der Waals surface area contributed by atoms with Crippen molar-refractivity contribution in [3.05, 3.63) is 28.5 Å². The van der Waals surface area contributed by atoms with Crippen LogP contribution in [0.1, 0.15) is 45.7 Å². The minimum atomic E-state index is -1.16. The Morgan fingerprint density at radius 2 is 2.19 bits per heavy atom. The maximum absolute atomic E-state index is 15.0. The number of amides is 1. The van der Waals surface area contributed by atoms with Crippen molar-refractivity contribution in [2.75, 3.05) is 13.1 Å². The Morgan fingerprint density at radius 1 is 1.46 bits per heavy atom. The molecule has 0 unspecified atom stereocenters. The normalized spacial score (nSPS) is 21.2. The van der Waals surface area contributed by atoms with Crippen LogP contribution in [0.15, 0.2) is 22.9 Å². The lowest BCUT2D eigenvalue weighted by Gasteiger charge is -2.36. The number of carbonyl (C=O) groups is 1. The molecule has 0 bridgehead atoms. The van der Waals surface area contributed by atoms with Gasteiger partial charge in [-0.2, -0.15) is 0 Å². The number of aromatic nitrogens is 2. The Hall–Kier alpha value is -1.63. The third kappa shape index (κ3) is 3.87. The van der Waals surface area contributed by atoms with E-state index >= 15 is 0 Å². The zero-order chi connectivity index (χ0) is 19.1. The van der Waals surface area contributed by atoms with E-state index in [4.69, 9.17) is 4.74 Å². The molecule has 3 heterocycles. The van der Waals surface area contributed by atoms with Crippen molar-refractivity contribution in [1.82, 2.24) is 14.5 Å². The van der Waals surface area contributed by atoms with Crippen LogP contribution in [0.4, 0.5) is 9.18 Å². The lowest BCUT2D eigenvalue weighted by atomic mass is 10.0. The standard InChI is InChI=1S/C19H25BrFN3O2/c1-5-12-10-24(17-14(12)8-13(20)9-22-17)16-6-7-23(11-15(16)21)18(25)26-19(2,3)4/h8-10,15-16H,5-7,11H2,1-4H3/t15-,16+/m1/s1. The number of alkyl halides is 1. The van der Waals surface area contributed by atoms with Gasteiger partial charge in [0.2, 0.25) is 0 Å². The minimum absolute atomic E-state index is 0.0389. The first-order chi connectivity index (χ1) is 12.2. The van der Waals surface area contributed by atoms with Crippen LogP contribution in [0.3, 0.4) is 0 Å². The molecule has 2 aromatic rings. The first-order valence-electron chi connectivity index (χ1n) is 8.96. The highest BCUT2D eigenvalue weighted by Crippen LogP contribution is 2.32. The summed E-state index contributed by atoms with van der Waals surface area (Å²) in [4.78, 5) is 18.2. The molecule has 0 spiro atoms. The summed E-state index contributed by atoms with van der Waals surface area (Å²) in [7, 11) is 0. The van der Waals surface area contributed by atoms with Crippen molar-refractivity contribution in [2.45, 2.75) is 58.4 Å². The fourth-order valence-corrected chi connectivity index (χ4v) is 3.74. The number of hydrogen-bond donors (Lipinski definition) is 0. The van der Waals surface area contributed by atoms with Gasteiger partial charge in [0.15, 0.2) is 0 Å². The topological polar surface area (TPSA) is 47.4 Å². The molecule has 2 atom stereocenters. The van der Waals surface area contributed by atoms with Gasteiger partial charge in [-0.25, -0.2) is 14.2 Å². The van der Waals surface area contributed by atoms with E-state index in [2.05, 4.69) is 27.8 Å². The second-order valence-corrected chi connectivity index (χ2v) is 8.65. The third-order valence-electron chi connectivity index (χ3n) is 4.62. The molecule has 1 fully saturated rings. The molecule has 5 nitrogen and oxygen atoms in total. The molecule has 0 radical (unpaired) electrons. The monoisotopic (exact) mass is 425 g/mol. The van der Waals surface area contributed by atoms with Gasteiger partial charge < -0.3 is 14.2 Å². The Morgan fingerprint density at radius 3 is 2.81 bits per heavy atom. The summed E-state index contributed by atoms with van der Waals surface area (Å²) in [5.41, 5.74) is 1.36. The molecule has 26 heavy (non-hydrogen) atoms. The number of nitrogens with zero attached hydrogens (tertiary/aromatic N) is 3. The fraction of sp³-hybridized carbons (Fsp3) is 0.579. The van der Waals surface area contributed by atoms with E-state index < -0.39 is 17.9 Å². The first-order valence-corrected chi connectivity index (χ1v) is 9.76. The molecule has 1 aliphatic heterocycles. The van der Waals surface area contributed by atoms with Crippen LogP contribution in [-0.4, -0.2) is 45.4 Å². The third-order valence-corrected chi connectivity index (χ3v) is 5.05. The van der Waals surface area contributed by atoms with Gasteiger partial charge in [-0.05, 0) is 61.2 Å². The van der Waals surface area contributed by atoms with Gasteiger partial charge in [0, 0.05) is 28.8 Å². The molecular formula is C19H25BrFN3O2. The van der Waals surface area contributed by atoms with Crippen LogP contribution in [0, 0.1) is 0 Å². The maximum Gasteiger partial charge on any atom is 0.410 e. The van der Waals surface area contributed by atoms with Crippen LogP contribution >= 0.6 is 15.9 Å². The number of rotatable bonds is 2. The summed E-state index contributed by atoms with van der Waals surface area (Å²) in [5, 5.41) is 1.05. The summed E-state index contributed by atoms with van der Waals surface area (Å²) >= 11 is 3.46. The number of ether oxygens (including phenoxy) is 1. The van der Waals surface area contributed by atoms with E-state index in [9.17, 15) is 9.18 Å². The fourth-order valence-electron chi connectivity index (χ4n) is 3.41. The minimum Gasteiger partial charge on any atom is -0.444 e. The molecular weight excluding hydrogens is 401 g/mol. The number of hydrogen-bond acceptors (Lipinski definition) is 3. The zero-order valence-electron chi connectivity index (χ0n) is 15.6. The van der Waals surface area contributed by atoms with Crippen LogP contribution in [0.5, 0.6) is 0 Å². The van der Waals surface area contributed by atoms with Crippen molar-refractivity contribution in [2.24, 2.45) is 0 Å². The van der Waals surface area contributed by atoms with Gasteiger partial charge in [-0.3, -0.25) is 0 Å². The van der Waals surface area contributed by atoms with Gasteiger partial charge in [0.25, 0.3) is 0 Å². The van der Waals surface area contributed by atoms with Gasteiger partial charge in [0.1, 0.15) is 17.4 Å². The number of piperidine rings is 1. The van der Waals surface area contributed by atoms with Crippen molar-refractivity contribution in [3.63, 3.8) is 0 Å². The number of pyridine rings is 1. The van der Waals surface area contributed by atoms with Crippen molar-refractivity contribution in [3.8, 4) is 0 Å². The molecule has 0 saturated carbocycles. The second kappa shape index (κ2) is 7.18. The Labute approximate surface area is 161 Å². The summed E-state index contributed by atoms with van der Waals surface area (Å²) in [5.74, 6) is 0. The van der Waals surface area contributed by atoms with Crippen LogP contribution in [0.2, 0.25) is 0 Å². The summed E-state index contributed by atoms with van der Waals surface area (Å²) in [6, 6.07) is 1.70. The molecule has 0 aliphatic carbocycles.